The Balaban J connectivity index is 1.88. The van der Waals surface area contributed by atoms with Crippen molar-refractivity contribution in [2.24, 2.45) is 0 Å². The molecule has 0 saturated carbocycles. The summed E-state index contributed by atoms with van der Waals surface area (Å²) in [7, 11) is 0. The molecule has 100 valence electrons. The maximum absolute atomic E-state index is 4.40. The Kier molecular flexibility index (Phi) is 3.60. The van der Waals surface area contributed by atoms with E-state index in [4.69, 9.17) is 0 Å². The Morgan fingerprint density at radius 3 is 2.75 bits per heavy atom. The minimum absolute atomic E-state index is 0.603. The van der Waals surface area contributed by atoms with Crippen LogP contribution in [0.15, 0.2) is 47.3 Å². The molecule has 0 amide bonds. The van der Waals surface area contributed by atoms with Crippen LogP contribution in [-0.4, -0.2) is 15.0 Å². The first-order chi connectivity index (χ1) is 9.74. The molecule has 0 unspecified atom stereocenters. The number of rotatable bonds is 3. The molecule has 3 aromatic rings. The molecule has 0 radical (unpaired) electrons. The molecule has 0 bridgehead atoms. The first-order valence-corrected chi connectivity index (χ1v) is 7.08. The number of halogens is 1. The fraction of sp³-hybridized carbons (Fsp3) is 0.133. The molecule has 0 saturated heterocycles. The SMILES string of the molecule is Cc1cnc(CNc2nccc3c(Br)cccc23)cn1. The zero-order valence-electron chi connectivity index (χ0n) is 11.0. The Hall–Kier alpha value is -2.01. The molecule has 4 nitrogen and oxygen atoms in total. The number of pyridine rings is 1. The van der Waals surface area contributed by atoms with Crippen molar-refractivity contribution in [2.75, 3.05) is 5.32 Å². The van der Waals surface area contributed by atoms with Gasteiger partial charge in [0.1, 0.15) is 5.82 Å². The van der Waals surface area contributed by atoms with Crippen molar-refractivity contribution in [3.05, 3.63) is 58.7 Å². The van der Waals surface area contributed by atoms with Crippen molar-refractivity contribution in [2.45, 2.75) is 13.5 Å². The summed E-state index contributed by atoms with van der Waals surface area (Å²) < 4.78 is 1.07. The van der Waals surface area contributed by atoms with Crippen LogP contribution in [-0.2, 0) is 6.54 Å². The molecule has 3 rings (SSSR count). The monoisotopic (exact) mass is 328 g/mol. The van der Waals surface area contributed by atoms with Gasteiger partial charge in [0.25, 0.3) is 0 Å². The van der Waals surface area contributed by atoms with Gasteiger partial charge in [-0.25, -0.2) is 4.98 Å². The van der Waals surface area contributed by atoms with Gasteiger partial charge in [-0.05, 0) is 19.1 Å². The second kappa shape index (κ2) is 5.54. The number of fused-ring (bicyclic) bond motifs is 1. The van der Waals surface area contributed by atoms with E-state index in [1.54, 1.807) is 18.6 Å². The molecule has 0 spiro atoms. The average Bonchev–Trinajstić information content (AvgIpc) is 2.47. The van der Waals surface area contributed by atoms with Gasteiger partial charge < -0.3 is 5.32 Å². The zero-order chi connectivity index (χ0) is 13.9. The fourth-order valence-electron chi connectivity index (χ4n) is 1.99. The summed E-state index contributed by atoms with van der Waals surface area (Å²) in [6.07, 6.45) is 5.35. The van der Waals surface area contributed by atoms with E-state index in [2.05, 4.69) is 42.3 Å². The maximum atomic E-state index is 4.40. The van der Waals surface area contributed by atoms with Crippen LogP contribution in [0.5, 0.6) is 0 Å². The standard InChI is InChI=1S/C15H13BrN4/c1-10-7-19-11(8-18-10)9-20-15-13-3-2-4-14(16)12(13)5-6-17-15/h2-8H,9H2,1H3,(H,17,20). The number of hydrogen-bond acceptors (Lipinski definition) is 4. The van der Waals surface area contributed by atoms with Crippen LogP contribution in [0.1, 0.15) is 11.4 Å². The van der Waals surface area contributed by atoms with E-state index in [0.29, 0.717) is 6.54 Å². The van der Waals surface area contributed by atoms with E-state index in [-0.39, 0.29) is 0 Å². The zero-order valence-corrected chi connectivity index (χ0v) is 12.6. The quantitative estimate of drug-likeness (QED) is 0.796. The molecule has 0 atom stereocenters. The highest BCUT2D eigenvalue weighted by Gasteiger charge is 2.04. The predicted octanol–water partition coefficient (Wildman–Crippen LogP) is 3.71. The third-order valence-corrected chi connectivity index (χ3v) is 3.72. The van der Waals surface area contributed by atoms with Crippen LogP contribution >= 0.6 is 15.9 Å². The first-order valence-electron chi connectivity index (χ1n) is 6.28. The van der Waals surface area contributed by atoms with Crippen molar-refractivity contribution in [3.63, 3.8) is 0 Å². The fourth-order valence-corrected chi connectivity index (χ4v) is 2.49. The number of benzene rings is 1. The Bertz CT molecular complexity index is 740. The Labute approximate surface area is 125 Å². The minimum atomic E-state index is 0.603. The molecule has 0 aliphatic carbocycles. The van der Waals surface area contributed by atoms with Gasteiger partial charge in [-0.1, -0.05) is 28.1 Å². The second-order valence-electron chi connectivity index (χ2n) is 4.50. The van der Waals surface area contributed by atoms with Crippen molar-refractivity contribution >= 4 is 32.5 Å². The molecule has 1 aromatic carbocycles. The van der Waals surface area contributed by atoms with Gasteiger partial charge in [-0.2, -0.15) is 0 Å². The van der Waals surface area contributed by atoms with Gasteiger partial charge >= 0.3 is 0 Å². The number of hydrogen-bond donors (Lipinski definition) is 1. The van der Waals surface area contributed by atoms with Gasteiger partial charge in [0.2, 0.25) is 0 Å². The van der Waals surface area contributed by atoms with Crippen molar-refractivity contribution in [1.29, 1.82) is 0 Å². The van der Waals surface area contributed by atoms with Crippen molar-refractivity contribution < 1.29 is 0 Å². The smallest absolute Gasteiger partial charge is 0.134 e. The minimum Gasteiger partial charge on any atom is -0.364 e. The van der Waals surface area contributed by atoms with E-state index in [0.717, 1.165) is 32.5 Å². The lowest BCUT2D eigenvalue weighted by Gasteiger charge is -2.09. The molecule has 1 N–H and O–H groups in total. The summed E-state index contributed by atoms with van der Waals surface area (Å²) >= 11 is 3.56. The lowest BCUT2D eigenvalue weighted by Crippen LogP contribution is -2.04. The van der Waals surface area contributed by atoms with Gasteiger partial charge in [0.05, 0.1) is 24.1 Å². The van der Waals surface area contributed by atoms with Crippen LogP contribution in [0.4, 0.5) is 5.82 Å². The molecule has 0 fully saturated rings. The van der Waals surface area contributed by atoms with E-state index in [9.17, 15) is 0 Å². The number of anilines is 1. The predicted molar refractivity (Wildman–Crippen MR) is 83.5 cm³/mol. The lowest BCUT2D eigenvalue weighted by molar-refractivity contribution is 0.979. The van der Waals surface area contributed by atoms with E-state index < -0.39 is 0 Å². The number of aryl methyl sites for hydroxylation is 1. The maximum Gasteiger partial charge on any atom is 0.134 e. The Morgan fingerprint density at radius 1 is 1.05 bits per heavy atom. The summed E-state index contributed by atoms with van der Waals surface area (Å²) in [4.78, 5) is 13.0. The van der Waals surface area contributed by atoms with Crippen molar-refractivity contribution in [1.82, 2.24) is 15.0 Å². The lowest BCUT2D eigenvalue weighted by atomic mass is 10.1. The van der Waals surface area contributed by atoms with E-state index >= 15 is 0 Å². The summed E-state index contributed by atoms with van der Waals surface area (Å²) in [6.45, 7) is 2.53. The van der Waals surface area contributed by atoms with E-state index in [1.165, 1.54) is 0 Å². The topological polar surface area (TPSA) is 50.7 Å². The van der Waals surface area contributed by atoms with Crippen LogP contribution in [0.2, 0.25) is 0 Å². The van der Waals surface area contributed by atoms with Crippen LogP contribution in [0.25, 0.3) is 10.8 Å². The van der Waals surface area contributed by atoms with Crippen LogP contribution in [0, 0.1) is 6.92 Å². The normalized spacial score (nSPS) is 10.7. The third-order valence-electron chi connectivity index (χ3n) is 3.02. The van der Waals surface area contributed by atoms with Gasteiger partial charge in [-0.3, -0.25) is 9.97 Å². The summed E-state index contributed by atoms with van der Waals surface area (Å²) in [5.74, 6) is 0.853. The summed E-state index contributed by atoms with van der Waals surface area (Å²) in [6, 6.07) is 8.08. The van der Waals surface area contributed by atoms with Crippen LogP contribution < -0.4 is 5.32 Å². The van der Waals surface area contributed by atoms with E-state index in [1.807, 2.05) is 25.1 Å². The first kappa shape index (κ1) is 13.0. The van der Waals surface area contributed by atoms with Gasteiger partial charge in [-0.15, -0.1) is 0 Å². The molecule has 20 heavy (non-hydrogen) atoms. The summed E-state index contributed by atoms with van der Waals surface area (Å²) in [5, 5.41) is 5.54. The highest BCUT2D eigenvalue weighted by atomic mass is 79.9. The van der Waals surface area contributed by atoms with Crippen molar-refractivity contribution in [3.8, 4) is 0 Å². The largest absolute Gasteiger partial charge is 0.364 e. The molecule has 0 aliphatic heterocycles. The highest BCUT2D eigenvalue weighted by Crippen LogP contribution is 2.27. The molecular weight excluding hydrogens is 316 g/mol. The molecule has 2 aromatic heterocycles. The number of aromatic nitrogens is 3. The number of nitrogens with zero attached hydrogens (tertiary/aromatic N) is 3. The molecular formula is C15H13BrN4. The molecule has 2 heterocycles. The number of nitrogens with one attached hydrogen (secondary N) is 1. The molecule has 0 aliphatic rings. The summed E-state index contributed by atoms with van der Waals surface area (Å²) in [5.41, 5.74) is 1.81. The second-order valence-corrected chi connectivity index (χ2v) is 5.35. The highest BCUT2D eigenvalue weighted by molar-refractivity contribution is 9.10. The van der Waals surface area contributed by atoms with Gasteiger partial charge in [0, 0.05) is 27.6 Å². The van der Waals surface area contributed by atoms with Gasteiger partial charge in [0.15, 0.2) is 0 Å². The average molecular weight is 329 g/mol. The molecule has 5 heteroatoms. The third kappa shape index (κ3) is 2.63. The van der Waals surface area contributed by atoms with Crippen LogP contribution in [0.3, 0.4) is 0 Å². The Morgan fingerprint density at radius 2 is 1.95 bits per heavy atom.